The van der Waals surface area contributed by atoms with Crippen LogP contribution in [-0.4, -0.2) is 5.78 Å². The van der Waals surface area contributed by atoms with Crippen LogP contribution in [0.15, 0.2) is 30.3 Å². The molecule has 0 atom stereocenters. The molecule has 0 saturated heterocycles. The van der Waals surface area contributed by atoms with Crippen LogP contribution in [0.2, 0.25) is 10.0 Å². The summed E-state index contributed by atoms with van der Waals surface area (Å²) >= 11 is 13.5. The molecule has 1 nitrogen and oxygen atoms in total. The van der Waals surface area contributed by atoms with Crippen molar-refractivity contribution in [1.29, 1.82) is 0 Å². The highest BCUT2D eigenvalue weighted by molar-refractivity contribution is 7.12. The Hall–Kier alpha value is -0.830. The highest BCUT2D eigenvalue weighted by atomic mass is 35.5. The van der Waals surface area contributed by atoms with Crippen molar-refractivity contribution in [2.24, 2.45) is 0 Å². The summed E-state index contributed by atoms with van der Waals surface area (Å²) in [6, 6.07) is 9.01. The van der Waals surface area contributed by atoms with E-state index in [4.69, 9.17) is 23.2 Å². The van der Waals surface area contributed by atoms with Crippen LogP contribution >= 0.6 is 34.5 Å². The van der Waals surface area contributed by atoms with Crippen molar-refractivity contribution < 1.29 is 4.79 Å². The van der Waals surface area contributed by atoms with Crippen molar-refractivity contribution in [2.75, 3.05) is 0 Å². The van der Waals surface area contributed by atoms with Gasteiger partial charge in [0.25, 0.3) is 0 Å². The van der Waals surface area contributed by atoms with Crippen LogP contribution in [0, 0.1) is 0 Å². The predicted octanol–water partition coefficient (Wildman–Crippen LogP) is 5.04. The van der Waals surface area contributed by atoms with E-state index in [2.05, 4.69) is 13.0 Å². The number of benzene rings is 1. The Bertz CT molecular complexity index is 555. The van der Waals surface area contributed by atoms with Gasteiger partial charge in [0.2, 0.25) is 0 Å². The van der Waals surface area contributed by atoms with Gasteiger partial charge in [0, 0.05) is 31.8 Å². The van der Waals surface area contributed by atoms with Gasteiger partial charge in [-0.2, -0.15) is 0 Å². The lowest BCUT2D eigenvalue weighted by molar-refractivity contribution is 0.0994. The zero-order valence-corrected chi connectivity index (χ0v) is 12.2. The van der Waals surface area contributed by atoms with Crippen molar-refractivity contribution in [2.45, 2.75) is 19.8 Å². The number of carbonyl (C=O) groups excluding carboxylic acids is 1. The van der Waals surface area contributed by atoms with Crippen molar-refractivity contribution in [3.63, 3.8) is 0 Å². The first-order valence-electron chi connectivity index (χ1n) is 5.65. The summed E-state index contributed by atoms with van der Waals surface area (Å²) in [5.74, 6) is 0.0453. The van der Waals surface area contributed by atoms with Crippen LogP contribution < -0.4 is 0 Å². The van der Waals surface area contributed by atoms with E-state index in [0.717, 1.165) is 11.3 Å². The monoisotopic (exact) mass is 298 g/mol. The van der Waals surface area contributed by atoms with Crippen molar-refractivity contribution in [3.05, 3.63) is 55.7 Å². The standard InChI is InChI=1S/C14H12Cl2OS/c1-2-12-3-4-13(18-12)8-14(17)9-5-10(15)7-11(16)6-9/h3-7H,2,8H2,1H3. The lowest BCUT2D eigenvalue weighted by Gasteiger charge is -2.01. The van der Waals surface area contributed by atoms with Gasteiger partial charge in [-0.05, 0) is 36.8 Å². The summed E-state index contributed by atoms with van der Waals surface area (Å²) in [7, 11) is 0. The molecule has 0 spiro atoms. The summed E-state index contributed by atoms with van der Waals surface area (Å²) in [5.41, 5.74) is 0.568. The van der Waals surface area contributed by atoms with Crippen molar-refractivity contribution >= 4 is 40.3 Å². The molecule has 0 aliphatic carbocycles. The fourth-order valence-electron chi connectivity index (χ4n) is 1.68. The SMILES string of the molecule is CCc1ccc(CC(=O)c2cc(Cl)cc(Cl)c2)s1. The molecule has 1 heterocycles. The first kappa shape index (κ1) is 13.6. The number of hydrogen-bond donors (Lipinski definition) is 0. The minimum Gasteiger partial charge on any atom is -0.294 e. The molecule has 1 aromatic heterocycles. The van der Waals surface area contributed by atoms with Gasteiger partial charge in [0.1, 0.15) is 0 Å². The highest BCUT2D eigenvalue weighted by Gasteiger charge is 2.10. The maximum atomic E-state index is 12.1. The van der Waals surface area contributed by atoms with E-state index in [-0.39, 0.29) is 5.78 Å². The third kappa shape index (κ3) is 3.35. The molecule has 2 aromatic rings. The molecular weight excluding hydrogens is 287 g/mol. The van der Waals surface area contributed by atoms with Crippen molar-refractivity contribution in [1.82, 2.24) is 0 Å². The summed E-state index contributed by atoms with van der Waals surface area (Å²) in [4.78, 5) is 14.5. The minimum atomic E-state index is 0.0453. The smallest absolute Gasteiger partial charge is 0.168 e. The van der Waals surface area contributed by atoms with Gasteiger partial charge >= 0.3 is 0 Å². The quantitative estimate of drug-likeness (QED) is 0.723. The second-order valence-electron chi connectivity index (χ2n) is 3.98. The third-order valence-corrected chi connectivity index (χ3v) is 4.25. The Morgan fingerprint density at radius 3 is 2.28 bits per heavy atom. The molecule has 0 fully saturated rings. The average Bonchev–Trinajstić information content (AvgIpc) is 2.75. The molecule has 0 aliphatic heterocycles. The molecular formula is C14H12Cl2OS. The molecule has 1 aromatic carbocycles. The van der Waals surface area contributed by atoms with Gasteiger partial charge < -0.3 is 0 Å². The van der Waals surface area contributed by atoms with Gasteiger partial charge in [0.15, 0.2) is 5.78 Å². The first-order valence-corrected chi connectivity index (χ1v) is 7.22. The van der Waals surface area contributed by atoms with E-state index >= 15 is 0 Å². The number of hydrogen-bond acceptors (Lipinski definition) is 2. The summed E-state index contributed by atoms with van der Waals surface area (Å²) in [5, 5.41) is 0.984. The van der Waals surface area contributed by atoms with E-state index in [9.17, 15) is 4.79 Å². The Balaban J connectivity index is 2.16. The second kappa shape index (κ2) is 5.87. The number of Topliss-reactive ketones (excluding diaryl/α,β-unsaturated/α-hetero) is 1. The molecule has 94 valence electrons. The second-order valence-corrected chi connectivity index (χ2v) is 6.11. The Morgan fingerprint density at radius 2 is 1.72 bits per heavy atom. The zero-order valence-electron chi connectivity index (χ0n) is 9.87. The summed E-state index contributed by atoms with van der Waals surface area (Å²) in [6.07, 6.45) is 1.41. The number of ketones is 1. The fourth-order valence-corrected chi connectivity index (χ4v) is 3.17. The van der Waals surface area contributed by atoms with Crippen LogP contribution in [0.3, 0.4) is 0 Å². The normalized spacial score (nSPS) is 10.6. The van der Waals surface area contributed by atoms with E-state index in [1.165, 1.54) is 4.88 Å². The molecule has 0 aliphatic rings. The van der Waals surface area contributed by atoms with E-state index in [1.54, 1.807) is 29.5 Å². The first-order chi connectivity index (χ1) is 8.58. The molecule has 0 N–H and O–H groups in total. The molecule has 2 rings (SSSR count). The van der Waals surface area contributed by atoms with E-state index in [0.29, 0.717) is 22.0 Å². The minimum absolute atomic E-state index is 0.0453. The number of carbonyl (C=O) groups is 1. The van der Waals surface area contributed by atoms with E-state index in [1.807, 2.05) is 6.07 Å². The summed E-state index contributed by atoms with van der Waals surface area (Å²) in [6.45, 7) is 2.11. The highest BCUT2D eigenvalue weighted by Crippen LogP contribution is 2.22. The molecule has 4 heteroatoms. The van der Waals surface area contributed by atoms with Gasteiger partial charge in [-0.1, -0.05) is 30.1 Å². The third-order valence-electron chi connectivity index (χ3n) is 2.59. The molecule has 18 heavy (non-hydrogen) atoms. The predicted molar refractivity (Wildman–Crippen MR) is 78.2 cm³/mol. The topological polar surface area (TPSA) is 17.1 Å². The lowest BCUT2D eigenvalue weighted by Crippen LogP contribution is -2.02. The average molecular weight is 299 g/mol. The zero-order chi connectivity index (χ0) is 13.1. The largest absolute Gasteiger partial charge is 0.294 e. The molecule has 0 amide bonds. The summed E-state index contributed by atoms with van der Waals surface area (Å²) < 4.78 is 0. The lowest BCUT2D eigenvalue weighted by atomic mass is 10.1. The molecule has 0 saturated carbocycles. The van der Waals surface area contributed by atoms with Crippen LogP contribution in [0.5, 0.6) is 0 Å². The number of thiophene rings is 1. The number of halogens is 2. The van der Waals surface area contributed by atoms with Crippen LogP contribution in [0.25, 0.3) is 0 Å². The number of rotatable bonds is 4. The van der Waals surface area contributed by atoms with Gasteiger partial charge in [-0.3, -0.25) is 4.79 Å². The Morgan fingerprint density at radius 1 is 1.11 bits per heavy atom. The Labute approximate surface area is 120 Å². The van der Waals surface area contributed by atoms with Gasteiger partial charge in [-0.25, -0.2) is 0 Å². The van der Waals surface area contributed by atoms with Gasteiger partial charge in [0.05, 0.1) is 0 Å². The van der Waals surface area contributed by atoms with E-state index < -0.39 is 0 Å². The maximum Gasteiger partial charge on any atom is 0.168 e. The molecule has 0 radical (unpaired) electrons. The molecule has 0 bridgehead atoms. The van der Waals surface area contributed by atoms with Crippen LogP contribution in [0.4, 0.5) is 0 Å². The van der Waals surface area contributed by atoms with Crippen LogP contribution in [0.1, 0.15) is 27.0 Å². The molecule has 0 unspecified atom stereocenters. The number of aryl methyl sites for hydroxylation is 1. The van der Waals surface area contributed by atoms with Gasteiger partial charge in [-0.15, -0.1) is 11.3 Å². The fraction of sp³-hybridized carbons (Fsp3) is 0.214. The van der Waals surface area contributed by atoms with Crippen LogP contribution in [-0.2, 0) is 12.8 Å². The maximum absolute atomic E-state index is 12.1. The van der Waals surface area contributed by atoms with Crippen molar-refractivity contribution in [3.8, 4) is 0 Å². The Kier molecular flexibility index (Phi) is 4.44.